The minimum atomic E-state index is -0.203. The van der Waals surface area contributed by atoms with Crippen molar-refractivity contribution >= 4 is 44.1 Å². The summed E-state index contributed by atoms with van der Waals surface area (Å²) in [5.74, 6) is -0.203. The number of fused-ring (bicyclic) bond motifs is 1. The van der Waals surface area contributed by atoms with Crippen LogP contribution in [0.4, 0.5) is 5.13 Å². The Balaban J connectivity index is 1.94. The summed E-state index contributed by atoms with van der Waals surface area (Å²) in [7, 11) is 0. The molecule has 0 atom stereocenters. The zero-order valence-electron chi connectivity index (χ0n) is 11.2. The third-order valence-corrected chi connectivity index (χ3v) is 4.93. The number of rotatable bonds is 2. The Bertz CT molecular complexity index is 806. The first kappa shape index (κ1) is 13.1. The Kier molecular flexibility index (Phi) is 3.23. The normalized spacial score (nSPS) is 10.9. The first-order chi connectivity index (χ1) is 9.56. The highest BCUT2D eigenvalue weighted by Crippen LogP contribution is 2.30. The molecule has 0 saturated heterocycles. The lowest BCUT2D eigenvalue weighted by Gasteiger charge is -1.98. The molecule has 0 bridgehead atoms. The molecule has 2 aromatic heterocycles. The van der Waals surface area contributed by atoms with Crippen LogP contribution in [0, 0.1) is 20.8 Å². The van der Waals surface area contributed by atoms with Gasteiger partial charge >= 0.3 is 0 Å². The Morgan fingerprint density at radius 2 is 2.05 bits per heavy atom. The van der Waals surface area contributed by atoms with Gasteiger partial charge in [-0.3, -0.25) is 10.1 Å². The molecule has 0 unspecified atom stereocenters. The Hall–Kier alpha value is -1.86. The molecule has 2 heterocycles. The number of nitrogens with one attached hydrogen (secondary N) is 1. The van der Waals surface area contributed by atoms with E-state index in [-0.39, 0.29) is 5.91 Å². The van der Waals surface area contributed by atoms with Gasteiger partial charge in [0.05, 0.1) is 15.9 Å². The van der Waals surface area contributed by atoms with Gasteiger partial charge in [-0.15, -0.1) is 5.10 Å². The second-order valence-corrected chi connectivity index (χ2v) is 6.30. The lowest BCUT2D eigenvalue weighted by atomic mass is 10.1. The molecule has 0 aliphatic heterocycles. The molecule has 0 spiro atoms. The van der Waals surface area contributed by atoms with Crippen molar-refractivity contribution in [3.63, 3.8) is 0 Å². The number of thiazole rings is 1. The summed E-state index contributed by atoms with van der Waals surface area (Å²) in [6, 6.07) is 4.10. The summed E-state index contributed by atoms with van der Waals surface area (Å²) in [6.45, 7) is 5.86. The number of anilines is 1. The van der Waals surface area contributed by atoms with E-state index in [1.54, 1.807) is 6.92 Å². The van der Waals surface area contributed by atoms with Crippen LogP contribution in [0.2, 0.25) is 0 Å². The van der Waals surface area contributed by atoms with Gasteiger partial charge in [0.15, 0.2) is 5.13 Å². The van der Waals surface area contributed by atoms with Crippen LogP contribution in [0.25, 0.3) is 10.2 Å². The van der Waals surface area contributed by atoms with Gasteiger partial charge in [-0.2, -0.15) is 0 Å². The quantitative estimate of drug-likeness (QED) is 0.788. The van der Waals surface area contributed by atoms with E-state index < -0.39 is 0 Å². The Morgan fingerprint density at radius 3 is 2.75 bits per heavy atom. The second-order valence-electron chi connectivity index (χ2n) is 4.51. The van der Waals surface area contributed by atoms with Crippen LogP contribution in [0.1, 0.15) is 26.5 Å². The van der Waals surface area contributed by atoms with Crippen LogP contribution < -0.4 is 5.32 Å². The van der Waals surface area contributed by atoms with Gasteiger partial charge in [-0.25, -0.2) is 4.98 Å². The topological polar surface area (TPSA) is 67.8 Å². The number of hydrogen-bond donors (Lipinski definition) is 1. The number of benzene rings is 1. The molecule has 0 radical (unpaired) electrons. The first-order valence-electron chi connectivity index (χ1n) is 6.03. The average Bonchev–Trinajstić information content (AvgIpc) is 3.00. The maximum atomic E-state index is 12.1. The number of aromatic nitrogens is 3. The van der Waals surface area contributed by atoms with E-state index in [9.17, 15) is 4.79 Å². The fraction of sp³-hybridized carbons (Fsp3) is 0.231. The van der Waals surface area contributed by atoms with Crippen LogP contribution in [0.3, 0.4) is 0 Å². The summed E-state index contributed by atoms with van der Waals surface area (Å²) in [5, 5.41) is 7.26. The minimum Gasteiger partial charge on any atom is -0.297 e. The van der Waals surface area contributed by atoms with Crippen LogP contribution in [-0.4, -0.2) is 20.5 Å². The van der Waals surface area contributed by atoms with Crippen LogP contribution >= 0.6 is 22.9 Å². The van der Waals surface area contributed by atoms with Gasteiger partial charge in [0.25, 0.3) is 5.91 Å². The van der Waals surface area contributed by atoms with Gasteiger partial charge in [0.2, 0.25) is 0 Å². The van der Waals surface area contributed by atoms with E-state index in [2.05, 4.69) is 32.9 Å². The SMILES string of the molecule is Cc1ccc2sc(NC(=O)c3snnc3C)nc2c1C. The third-order valence-electron chi connectivity index (χ3n) is 3.16. The molecule has 3 aromatic rings. The number of carbonyl (C=O) groups is 1. The van der Waals surface area contributed by atoms with E-state index in [0.29, 0.717) is 15.7 Å². The Morgan fingerprint density at radius 1 is 1.25 bits per heavy atom. The zero-order valence-corrected chi connectivity index (χ0v) is 12.9. The highest BCUT2D eigenvalue weighted by molar-refractivity contribution is 7.22. The molecule has 20 heavy (non-hydrogen) atoms. The van der Waals surface area contributed by atoms with Crippen molar-refractivity contribution in [2.24, 2.45) is 0 Å². The largest absolute Gasteiger partial charge is 0.297 e. The van der Waals surface area contributed by atoms with Crippen molar-refractivity contribution in [1.29, 1.82) is 0 Å². The highest BCUT2D eigenvalue weighted by atomic mass is 32.1. The summed E-state index contributed by atoms with van der Waals surface area (Å²) in [6.07, 6.45) is 0. The molecule has 7 heteroatoms. The molecule has 5 nitrogen and oxygen atoms in total. The summed E-state index contributed by atoms with van der Waals surface area (Å²) in [5.41, 5.74) is 3.93. The van der Waals surface area contributed by atoms with Crippen molar-refractivity contribution in [3.05, 3.63) is 33.8 Å². The Labute approximate surface area is 123 Å². The summed E-state index contributed by atoms with van der Waals surface area (Å²) in [4.78, 5) is 17.1. The molecular weight excluding hydrogens is 292 g/mol. The maximum Gasteiger partial charge on any atom is 0.271 e. The number of nitrogens with zero attached hydrogens (tertiary/aromatic N) is 3. The molecule has 1 N–H and O–H groups in total. The average molecular weight is 304 g/mol. The summed E-state index contributed by atoms with van der Waals surface area (Å²) < 4.78 is 4.84. The van der Waals surface area contributed by atoms with E-state index in [1.165, 1.54) is 16.9 Å². The number of amides is 1. The fourth-order valence-corrected chi connectivity index (χ4v) is 3.35. The molecule has 0 saturated carbocycles. The second kappa shape index (κ2) is 4.92. The van der Waals surface area contributed by atoms with Crippen molar-refractivity contribution in [3.8, 4) is 0 Å². The van der Waals surface area contributed by atoms with E-state index in [4.69, 9.17) is 0 Å². The maximum absolute atomic E-state index is 12.1. The van der Waals surface area contributed by atoms with Gasteiger partial charge in [-0.1, -0.05) is 21.9 Å². The molecule has 102 valence electrons. The van der Waals surface area contributed by atoms with Crippen molar-refractivity contribution < 1.29 is 4.79 Å². The summed E-state index contributed by atoms with van der Waals surface area (Å²) >= 11 is 2.57. The van der Waals surface area contributed by atoms with Crippen LogP contribution in [0.15, 0.2) is 12.1 Å². The molecule has 1 aromatic carbocycles. The smallest absolute Gasteiger partial charge is 0.271 e. The molecule has 0 fully saturated rings. The van der Waals surface area contributed by atoms with Gasteiger partial charge in [-0.05, 0) is 49.5 Å². The van der Waals surface area contributed by atoms with Gasteiger partial charge < -0.3 is 0 Å². The molecule has 0 aliphatic rings. The lowest BCUT2D eigenvalue weighted by Crippen LogP contribution is -2.11. The minimum absolute atomic E-state index is 0.203. The number of hydrogen-bond acceptors (Lipinski definition) is 6. The first-order valence-corrected chi connectivity index (χ1v) is 7.62. The van der Waals surface area contributed by atoms with Gasteiger partial charge in [0, 0.05) is 0 Å². The number of aryl methyl sites for hydroxylation is 3. The third kappa shape index (κ3) is 2.19. The van der Waals surface area contributed by atoms with E-state index >= 15 is 0 Å². The van der Waals surface area contributed by atoms with Crippen molar-refractivity contribution in [2.45, 2.75) is 20.8 Å². The van der Waals surface area contributed by atoms with E-state index in [1.807, 2.05) is 13.0 Å². The number of carbonyl (C=O) groups excluding carboxylic acids is 1. The monoisotopic (exact) mass is 304 g/mol. The van der Waals surface area contributed by atoms with Crippen LogP contribution in [0.5, 0.6) is 0 Å². The van der Waals surface area contributed by atoms with Crippen molar-refractivity contribution in [2.75, 3.05) is 5.32 Å². The zero-order chi connectivity index (χ0) is 14.3. The van der Waals surface area contributed by atoms with Crippen molar-refractivity contribution in [1.82, 2.24) is 14.6 Å². The van der Waals surface area contributed by atoms with E-state index in [0.717, 1.165) is 27.3 Å². The predicted molar refractivity (Wildman–Crippen MR) is 81.7 cm³/mol. The molecule has 3 rings (SSSR count). The highest BCUT2D eigenvalue weighted by Gasteiger charge is 2.16. The van der Waals surface area contributed by atoms with Gasteiger partial charge in [0.1, 0.15) is 4.88 Å². The standard InChI is InChI=1S/C13H12N4OS2/c1-6-4-5-9-10(7(6)2)14-13(19-9)15-12(18)11-8(3)16-17-20-11/h4-5H,1-3H3,(H,14,15,18). The lowest BCUT2D eigenvalue weighted by molar-refractivity contribution is 0.103. The predicted octanol–water partition coefficient (Wildman–Crippen LogP) is 3.33. The fourth-order valence-electron chi connectivity index (χ4n) is 1.87. The molecule has 1 amide bonds. The molecular formula is C13H12N4OS2. The molecule has 0 aliphatic carbocycles. The van der Waals surface area contributed by atoms with Crippen LogP contribution in [-0.2, 0) is 0 Å².